The Hall–Kier alpha value is -1.64. The maximum atomic E-state index is 13.0. The number of hydrogen-bond donors (Lipinski definition) is 0. The highest BCUT2D eigenvalue weighted by Gasteiger charge is 2.27. The van der Waals surface area contributed by atoms with E-state index in [9.17, 15) is 8.42 Å². The van der Waals surface area contributed by atoms with Gasteiger partial charge in [-0.2, -0.15) is 4.31 Å². The van der Waals surface area contributed by atoms with Crippen molar-refractivity contribution in [2.45, 2.75) is 18.0 Å². The summed E-state index contributed by atoms with van der Waals surface area (Å²) < 4.78 is 38.9. The van der Waals surface area contributed by atoms with E-state index < -0.39 is 10.0 Å². The van der Waals surface area contributed by atoms with Gasteiger partial charge in [-0.15, -0.1) is 0 Å². The molecule has 2 aromatic carbocycles. The molecule has 28 heavy (non-hydrogen) atoms. The van der Waals surface area contributed by atoms with Gasteiger partial charge in [-0.1, -0.05) is 17.7 Å². The molecule has 0 aliphatic carbocycles. The summed E-state index contributed by atoms with van der Waals surface area (Å²) in [6.07, 6.45) is 0. The third-order valence-electron chi connectivity index (χ3n) is 4.47. The highest BCUT2D eigenvalue weighted by Crippen LogP contribution is 2.28. The molecule has 0 saturated carbocycles. The van der Waals surface area contributed by atoms with Crippen molar-refractivity contribution in [2.24, 2.45) is 0 Å². The van der Waals surface area contributed by atoms with Crippen LogP contribution in [-0.2, 0) is 27.9 Å². The minimum absolute atomic E-state index is 0.225. The predicted octanol–water partition coefficient (Wildman–Crippen LogP) is 3.00. The summed E-state index contributed by atoms with van der Waals surface area (Å²) >= 11 is 5.88. The fraction of sp³-hybridized carbons (Fsp3) is 0.400. The second kappa shape index (κ2) is 9.24. The first-order chi connectivity index (χ1) is 13.4. The molecule has 1 aliphatic heterocycles. The van der Waals surface area contributed by atoms with E-state index in [1.54, 1.807) is 12.1 Å². The summed E-state index contributed by atoms with van der Waals surface area (Å²) in [7, 11) is 0.367. The van der Waals surface area contributed by atoms with Crippen LogP contribution in [0.4, 0.5) is 0 Å². The number of fused-ring (bicyclic) bond motifs is 1. The van der Waals surface area contributed by atoms with Gasteiger partial charge in [0.1, 0.15) is 12.4 Å². The second-order valence-electron chi connectivity index (χ2n) is 6.94. The molecule has 1 heterocycles. The van der Waals surface area contributed by atoms with E-state index in [1.165, 1.54) is 16.4 Å². The number of rotatable bonds is 7. The van der Waals surface area contributed by atoms with Crippen molar-refractivity contribution in [3.05, 3.63) is 58.6 Å². The lowest BCUT2D eigenvalue weighted by molar-refractivity contribution is 0.105. The van der Waals surface area contributed by atoms with Crippen LogP contribution in [-0.4, -0.2) is 58.0 Å². The molecule has 0 N–H and O–H groups in total. The van der Waals surface area contributed by atoms with Crippen LogP contribution in [0.25, 0.3) is 0 Å². The van der Waals surface area contributed by atoms with Crippen LogP contribution in [0.1, 0.15) is 11.1 Å². The SMILES string of the molecule is CN(C)CCOCc1ccc2c(c1)CN(S(=O)(=O)c1ccc(Cl)cc1)CCO2. The van der Waals surface area contributed by atoms with Gasteiger partial charge in [0.25, 0.3) is 0 Å². The topological polar surface area (TPSA) is 59.1 Å². The third kappa shape index (κ3) is 5.24. The van der Waals surface area contributed by atoms with Crippen molar-refractivity contribution >= 4 is 21.6 Å². The largest absolute Gasteiger partial charge is 0.492 e. The van der Waals surface area contributed by atoms with Crippen LogP contribution in [0, 0.1) is 0 Å². The lowest BCUT2D eigenvalue weighted by Crippen LogP contribution is -2.32. The van der Waals surface area contributed by atoms with Gasteiger partial charge in [0.2, 0.25) is 10.0 Å². The molecule has 3 rings (SSSR count). The second-order valence-corrected chi connectivity index (χ2v) is 9.31. The quantitative estimate of drug-likeness (QED) is 0.639. The molecular formula is C20H25ClN2O4S. The van der Waals surface area contributed by atoms with Crippen molar-refractivity contribution in [1.29, 1.82) is 0 Å². The molecular weight excluding hydrogens is 400 g/mol. The van der Waals surface area contributed by atoms with Gasteiger partial charge >= 0.3 is 0 Å². The number of likely N-dealkylation sites (N-methyl/N-ethyl adjacent to an activating group) is 1. The zero-order valence-electron chi connectivity index (χ0n) is 16.1. The van der Waals surface area contributed by atoms with Gasteiger partial charge in [0.05, 0.1) is 18.1 Å². The van der Waals surface area contributed by atoms with Gasteiger partial charge < -0.3 is 14.4 Å². The Morgan fingerprint density at radius 2 is 1.93 bits per heavy atom. The van der Waals surface area contributed by atoms with Gasteiger partial charge in [0, 0.05) is 30.2 Å². The molecule has 0 amide bonds. The first-order valence-corrected chi connectivity index (χ1v) is 10.9. The van der Waals surface area contributed by atoms with Crippen LogP contribution in [0.2, 0.25) is 5.02 Å². The van der Waals surface area contributed by atoms with Gasteiger partial charge in [0.15, 0.2) is 0 Å². The molecule has 8 heteroatoms. The molecule has 0 radical (unpaired) electrons. The summed E-state index contributed by atoms with van der Waals surface area (Å²) in [5.74, 6) is 0.714. The summed E-state index contributed by atoms with van der Waals surface area (Å²) in [6, 6.07) is 12.0. The third-order valence-corrected chi connectivity index (χ3v) is 6.58. The number of sulfonamides is 1. The van der Waals surface area contributed by atoms with E-state index >= 15 is 0 Å². The predicted molar refractivity (Wildman–Crippen MR) is 109 cm³/mol. The summed E-state index contributed by atoms with van der Waals surface area (Å²) in [5.41, 5.74) is 1.83. The van der Waals surface area contributed by atoms with Crippen LogP contribution in [0.15, 0.2) is 47.4 Å². The minimum Gasteiger partial charge on any atom is -0.492 e. The zero-order chi connectivity index (χ0) is 20.1. The molecule has 0 saturated heterocycles. The Labute approximate surface area is 171 Å². The van der Waals surface area contributed by atoms with Crippen molar-refractivity contribution in [3.63, 3.8) is 0 Å². The summed E-state index contributed by atoms with van der Waals surface area (Å²) in [6.45, 7) is 2.81. The van der Waals surface area contributed by atoms with E-state index in [4.69, 9.17) is 21.1 Å². The van der Waals surface area contributed by atoms with Crippen LogP contribution in [0.3, 0.4) is 0 Å². The minimum atomic E-state index is -3.63. The first kappa shape index (κ1) is 21.1. The molecule has 0 aromatic heterocycles. The van der Waals surface area contributed by atoms with Crippen molar-refractivity contribution in [2.75, 3.05) is 40.4 Å². The van der Waals surface area contributed by atoms with E-state index in [0.29, 0.717) is 30.6 Å². The standard InChI is InChI=1S/C20H25ClN2O4S/c1-22(2)9-11-26-15-16-3-8-20-17(13-16)14-23(10-12-27-20)28(24,25)19-6-4-18(21)5-7-19/h3-8,13H,9-12,14-15H2,1-2H3. The van der Waals surface area contributed by atoms with Crippen molar-refractivity contribution < 1.29 is 17.9 Å². The Balaban J connectivity index is 1.75. The number of nitrogens with zero attached hydrogens (tertiary/aromatic N) is 2. The fourth-order valence-electron chi connectivity index (χ4n) is 2.91. The normalized spacial score (nSPS) is 15.1. The highest BCUT2D eigenvalue weighted by molar-refractivity contribution is 7.89. The average Bonchev–Trinajstić information content (AvgIpc) is 2.88. The van der Waals surface area contributed by atoms with E-state index in [2.05, 4.69) is 4.90 Å². The molecule has 6 nitrogen and oxygen atoms in total. The fourth-order valence-corrected chi connectivity index (χ4v) is 4.44. The average molecular weight is 425 g/mol. The number of hydrogen-bond acceptors (Lipinski definition) is 5. The zero-order valence-corrected chi connectivity index (χ0v) is 17.7. The maximum Gasteiger partial charge on any atom is 0.243 e. The van der Waals surface area contributed by atoms with E-state index in [0.717, 1.165) is 17.7 Å². The van der Waals surface area contributed by atoms with Crippen LogP contribution < -0.4 is 4.74 Å². The molecule has 0 spiro atoms. The van der Waals surface area contributed by atoms with Crippen molar-refractivity contribution in [3.8, 4) is 5.75 Å². The molecule has 0 bridgehead atoms. The molecule has 1 aliphatic rings. The van der Waals surface area contributed by atoms with Crippen LogP contribution in [0.5, 0.6) is 5.75 Å². The van der Waals surface area contributed by atoms with E-state index in [1.807, 2.05) is 32.3 Å². The molecule has 152 valence electrons. The Morgan fingerprint density at radius 1 is 1.18 bits per heavy atom. The Morgan fingerprint density at radius 3 is 2.64 bits per heavy atom. The van der Waals surface area contributed by atoms with Gasteiger partial charge in [-0.3, -0.25) is 0 Å². The lowest BCUT2D eigenvalue weighted by Gasteiger charge is -2.19. The smallest absolute Gasteiger partial charge is 0.243 e. The van der Waals surface area contributed by atoms with Crippen LogP contribution >= 0.6 is 11.6 Å². The summed E-state index contributed by atoms with van der Waals surface area (Å²) in [4.78, 5) is 2.29. The van der Waals surface area contributed by atoms with Gasteiger partial charge in [-0.25, -0.2) is 8.42 Å². The summed E-state index contributed by atoms with van der Waals surface area (Å²) in [5, 5.41) is 0.502. The maximum absolute atomic E-state index is 13.0. The number of benzene rings is 2. The first-order valence-electron chi connectivity index (χ1n) is 9.09. The molecule has 0 fully saturated rings. The van der Waals surface area contributed by atoms with Gasteiger partial charge in [-0.05, 0) is 56.1 Å². The molecule has 0 atom stereocenters. The Bertz CT molecular complexity index is 901. The molecule has 0 unspecified atom stereocenters. The Kier molecular flexibility index (Phi) is 6.95. The number of halogens is 1. The monoisotopic (exact) mass is 424 g/mol. The number of ether oxygens (including phenoxy) is 2. The highest BCUT2D eigenvalue weighted by atomic mass is 35.5. The lowest BCUT2D eigenvalue weighted by atomic mass is 10.1. The van der Waals surface area contributed by atoms with Crippen molar-refractivity contribution in [1.82, 2.24) is 9.21 Å². The molecule has 2 aromatic rings. The van der Waals surface area contributed by atoms with E-state index in [-0.39, 0.29) is 18.0 Å².